The molecule has 0 aliphatic carbocycles. The lowest BCUT2D eigenvalue weighted by molar-refractivity contribution is -0.0830. The van der Waals surface area contributed by atoms with E-state index in [1.54, 1.807) is 7.11 Å². The van der Waals surface area contributed by atoms with Gasteiger partial charge in [-0.05, 0) is 0 Å². The third kappa shape index (κ3) is 3.85. The van der Waals surface area contributed by atoms with Crippen LogP contribution in [0.15, 0.2) is 4.99 Å². The maximum atomic E-state index is 5.66. The zero-order valence-electron chi connectivity index (χ0n) is 11.7. The summed E-state index contributed by atoms with van der Waals surface area (Å²) >= 11 is 0. The van der Waals surface area contributed by atoms with E-state index in [0.717, 1.165) is 32.0 Å². The fraction of sp³-hybridized carbons (Fsp3) is 0.917. The van der Waals surface area contributed by atoms with E-state index in [1.807, 2.05) is 38.0 Å². The van der Waals surface area contributed by atoms with Crippen molar-refractivity contribution in [2.45, 2.75) is 18.4 Å². The quantitative estimate of drug-likeness (QED) is 0.539. The molecule has 100 valence electrons. The summed E-state index contributed by atoms with van der Waals surface area (Å²) in [5, 5.41) is 0. The van der Waals surface area contributed by atoms with Crippen molar-refractivity contribution < 1.29 is 9.47 Å². The standard InChI is InChI=1S/C12H25N3O2/c1-14(2)11(15(3)4)13-10-12(16-5)6-8-17-9-7-12/h6-10H2,1-5H3. The van der Waals surface area contributed by atoms with E-state index in [4.69, 9.17) is 9.47 Å². The second-order valence-corrected chi connectivity index (χ2v) is 4.90. The van der Waals surface area contributed by atoms with Gasteiger partial charge in [-0.15, -0.1) is 0 Å². The first-order valence-corrected chi connectivity index (χ1v) is 6.03. The molecule has 1 aliphatic rings. The lowest BCUT2D eigenvalue weighted by Gasteiger charge is -2.35. The summed E-state index contributed by atoms with van der Waals surface area (Å²) in [7, 11) is 9.78. The van der Waals surface area contributed by atoms with Crippen LogP contribution < -0.4 is 0 Å². The number of nitrogens with zero attached hydrogens (tertiary/aromatic N) is 3. The second-order valence-electron chi connectivity index (χ2n) is 4.90. The average molecular weight is 243 g/mol. The third-order valence-corrected chi connectivity index (χ3v) is 3.15. The highest BCUT2D eigenvalue weighted by molar-refractivity contribution is 5.79. The number of methoxy groups -OCH3 is 1. The first-order valence-electron chi connectivity index (χ1n) is 6.03. The number of ether oxygens (including phenoxy) is 2. The molecule has 0 spiro atoms. The molecule has 1 heterocycles. The molecule has 0 aromatic rings. The van der Waals surface area contributed by atoms with Crippen LogP contribution in [0, 0.1) is 0 Å². The molecule has 1 aliphatic heterocycles. The van der Waals surface area contributed by atoms with Crippen LogP contribution in [-0.2, 0) is 9.47 Å². The highest BCUT2D eigenvalue weighted by atomic mass is 16.5. The van der Waals surface area contributed by atoms with Crippen molar-refractivity contribution in [3.63, 3.8) is 0 Å². The van der Waals surface area contributed by atoms with Crippen LogP contribution in [-0.4, -0.2) is 76.4 Å². The van der Waals surface area contributed by atoms with Crippen molar-refractivity contribution >= 4 is 5.96 Å². The van der Waals surface area contributed by atoms with E-state index in [1.165, 1.54) is 0 Å². The fourth-order valence-corrected chi connectivity index (χ4v) is 2.07. The zero-order chi connectivity index (χ0) is 12.9. The van der Waals surface area contributed by atoms with Gasteiger partial charge in [-0.3, -0.25) is 0 Å². The van der Waals surface area contributed by atoms with E-state index in [2.05, 4.69) is 4.99 Å². The number of hydrogen-bond acceptors (Lipinski definition) is 3. The van der Waals surface area contributed by atoms with Crippen molar-refractivity contribution in [3.8, 4) is 0 Å². The molecule has 1 rings (SSSR count). The molecule has 1 saturated heterocycles. The number of aliphatic imine (C=N–C) groups is 1. The monoisotopic (exact) mass is 243 g/mol. The minimum Gasteiger partial charge on any atom is -0.381 e. The van der Waals surface area contributed by atoms with E-state index >= 15 is 0 Å². The molecule has 0 aromatic carbocycles. The van der Waals surface area contributed by atoms with Gasteiger partial charge in [0.15, 0.2) is 5.96 Å². The van der Waals surface area contributed by atoms with Gasteiger partial charge in [0.1, 0.15) is 0 Å². The van der Waals surface area contributed by atoms with Crippen molar-refractivity contribution in [1.29, 1.82) is 0 Å². The van der Waals surface area contributed by atoms with Crippen LogP contribution in [0.2, 0.25) is 0 Å². The Balaban J connectivity index is 2.70. The molecule has 0 aromatic heterocycles. The lowest BCUT2D eigenvalue weighted by atomic mass is 9.94. The van der Waals surface area contributed by atoms with Crippen molar-refractivity contribution in [2.24, 2.45) is 4.99 Å². The van der Waals surface area contributed by atoms with Gasteiger partial charge in [-0.2, -0.15) is 0 Å². The largest absolute Gasteiger partial charge is 0.381 e. The maximum absolute atomic E-state index is 5.66. The molecule has 5 nitrogen and oxygen atoms in total. The van der Waals surface area contributed by atoms with Gasteiger partial charge in [-0.1, -0.05) is 0 Å². The molecule has 0 bridgehead atoms. The topological polar surface area (TPSA) is 37.3 Å². The molecular formula is C12H25N3O2. The summed E-state index contributed by atoms with van der Waals surface area (Å²) in [6, 6.07) is 0. The highest BCUT2D eigenvalue weighted by Crippen LogP contribution is 2.24. The number of hydrogen-bond donors (Lipinski definition) is 0. The van der Waals surface area contributed by atoms with Gasteiger partial charge < -0.3 is 19.3 Å². The summed E-state index contributed by atoms with van der Waals surface area (Å²) in [6.07, 6.45) is 1.84. The summed E-state index contributed by atoms with van der Waals surface area (Å²) in [5.74, 6) is 0.966. The molecule has 0 radical (unpaired) electrons. The molecule has 1 fully saturated rings. The maximum Gasteiger partial charge on any atom is 0.195 e. The van der Waals surface area contributed by atoms with Gasteiger partial charge in [-0.25, -0.2) is 4.99 Å². The van der Waals surface area contributed by atoms with Crippen molar-refractivity contribution in [1.82, 2.24) is 9.80 Å². The molecule has 0 amide bonds. The van der Waals surface area contributed by atoms with Gasteiger partial charge in [0, 0.05) is 61.4 Å². The van der Waals surface area contributed by atoms with Gasteiger partial charge >= 0.3 is 0 Å². The Hall–Kier alpha value is -0.810. The molecule has 0 unspecified atom stereocenters. The van der Waals surface area contributed by atoms with E-state index < -0.39 is 0 Å². The van der Waals surface area contributed by atoms with E-state index in [-0.39, 0.29) is 5.60 Å². The van der Waals surface area contributed by atoms with Crippen LogP contribution >= 0.6 is 0 Å². The summed E-state index contributed by atoms with van der Waals surface area (Å²) < 4.78 is 11.0. The first kappa shape index (κ1) is 14.3. The Bertz CT molecular complexity index is 248. The van der Waals surface area contributed by atoms with E-state index in [0.29, 0.717) is 6.54 Å². The second kappa shape index (κ2) is 6.21. The van der Waals surface area contributed by atoms with Gasteiger partial charge in [0.2, 0.25) is 0 Å². The number of rotatable bonds is 3. The van der Waals surface area contributed by atoms with Crippen LogP contribution in [0.1, 0.15) is 12.8 Å². The Morgan fingerprint density at radius 2 is 1.71 bits per heavy atom. The van der Waals surface area contributed by atoms with E-state index in [9.17, 15) is 0 Å². The Labute approximate surface area is 104 Å². The smallest absolute Gasteiger partial charge is 0.195 e. The molecule has 5 heteroatoms. The van der Waals surface area contributed by atoms with Crippen LogP contribution in [0.3, 0.4) is 0 Å². The minimum absolute atomic E-state index is 0.143. The van der Waals surface area contributed by atoms with Crippen molar-refractivity contribution in [2.75, 3.05) is 55.1 Å². The molecular weight excluding hydrogens is 218 g/mol. The third-order valence-electron chi connectivity index (χ3n) is 3.15. The van der Waals surface area contributed by atoms with Crippen LogP contribution in [0.25, 0.3) is 0 Å². The van der Waals surface area contributed by atoms with Crippen LogP contribution in [0.4, 0.5) is 0 Å². The zero-order valence-corrected chi connectivity index (χ0v) is 11.7. The Morgan fingerprint density at radius 1 is 1.18 bits per heavy atom. The average Bonchev–Trinajstić information content (AvgIpc) is 2.29. The summed E-state index contributed by atoms with van der Waals surface area (Å²) in [5.41, 5.74) is -0.143. The normalized spacial score (nSPS) is 18.6. The molecule has 0 N–H and O–H groups in total. The predicted molar refractivity (Wildman–Crippen MR) is 69.5 cm³/mol. The van der Waals surface area contributed by atoms with Crippen molar-refractivity contribution in [3.05, 3.63) is 0 Å². The summed E-state index contributed by atoms with van der Waals surface area (Å²) in [6.45, 7) is 2.23. The number of guanidine groups is 1. The lowest BCUT2D eigenvalue weighted by Crippen LogP contribution is -2.43. The predicted octanol–water partition coefficient (Wildman–Crippen LogP) is 0.661. The molecule has 0 saturated carbocycles. The minimum atomic E-state index is -0.143. The van der Waals surface area contributed by atoms with Gasteiger partial charge in [0.25, 0.3) is 0 Å². The Kier molecular flexibility index (Phi) is 5.21. The fourth-order valence-electron chi connectivity index (χ4n) is 2.07. The molecule has 17 heavy (non-hydrogen) atoms. The Morgan fingerprint density at radius 3 is 2.12 bits per heavy atom. The SMILES string of the molecule is COC1(CN=C(N(C)C)N(C)C)CCOCC1. The first-order chi connectivity index (χ1) is 8.01. The summed E-state index contributed by atoms with van der Waals surface area (Å²) in [4.78, 5) is 8.71. The highest BCUT2D eigenvalue weighted by Gasteiger charge is 2.32. The van der Waals surface area contributed by atoms with Gasteiger partial charge in [0.05, 0.1) is 12.1 Å². The molecule has 0 atom stereocenters. The van der Waals surface area contributed by atoms with Crippen LogP contribution in [0.5, 0.6) is 0 Å².